The highest BCUT2D eigenvalue weighted by atomic mass is 19.1. The molecule has 0 spiro atoms. The molecule has 1 aromatic heterocycles. The average molecular weight is 528 g/mol. The SMILES string of the molecule is COC(=O)C1=C(N)N(c2cccc(F)c2)C2=C(C(=O)[C@H](C(=O)OC)[C@@H](c3ccccc3)C2)[C@@H]1c1cccnc1. The van der Waals surface area contributed by atoms with E-state index in [4.69, 9.17) is 15.2 Å². The average Bonchev–Trinajstić information content (AvgIpc) is 2.96. The Bertz CT molecular complexity index is 1500. The van der Waals surface area contributed by atoms with Gasteiger partial charge >= 0.3 is 11.9 Å². The summed E-state index contributed by atoms with van der Waals surface area (Å²) in [7, 11) is 2.45. The highest BCUT2D eigenvalue weighted by molar-refractivity contribution is 6.14. The van der Waals surface area contributed by atoms with Crippen LogP contribution in [0.1, 0.15) is 29.4 Å². The molecule has 2 aromatic carbocycles. The number of rotatable bonds is 5. The quantitative estimate of drug-likeness (QED) is 0.392. The Balaban J connectivity index is 1.83. The van der Waals surface area contributed by atoms with Crippen LogP contribution in [0.2, 0.25) is 0 Å². The number of allylic oxidation sites excluding steroid dienone is 2. The van der Waals surface area contributed by atoms with Gasteiger partial charge in [-0.25, -0.2) is 9.18 Å². The van der Waals surface area contributed by atoms with E-state index in [1.165, 1.54) is 43.5 Å². The normalized spacial score (nSPS) is 20.9. The summed E-state index contributed by atoms with van der Waals surface area (Å²) in [4.78, 5) is 46.5. The summed E-state index contributed by atoms with van der Waals surface area (Å²) in [5.41, 5.74) is 8.92. The van der Waals surface area contributed by atoms with Gasteiger partial charge in [0, 0.05) is 29.6 Å². The molecule has 1 aliphatic carbocycles. The third kappa shape index (κ3) is 4.46. The molecule has 2 aliphatic rings. The first-order valence-electron chi connectivity index (χ1n) is 12.3. The molecule has 0 saturated heterocycles. The van der Waals surface area contributed by atoms with Gasteiger partial charge in [0.25, 0.3) is 0 Å². The molecular weight excluding hydrogens is 501 g/mol. The van der Waals surface area contributed by atoms with Crippen molar-refractivity contribution in [2.75, 3.05) is 19.1 Å². The van der Waals surface area contributed by atoms with Gasteiger partial charge in [0.05, 0.1) is 31.4 Å². The minimum atomic E-state index is -1.18. The predicted octanol–water partition coefficient (Wildman–Crippen LogP) is 3.97. The number of nitrogens with two attached hydrogens (primary N) is 1. The van der Waals surface area contributed by atoms with Crippen molar-refractivity contribution in [1.82, 2.24) is 4.98 Å². The number of ether oxygens (including phenoxy) is 2. The Kier molecular flexibility index (Phi) is 6.98. The number of methoxy groups -OCH3 is 2. The fraction of sp³-hybridized carbons (Fsp3) is 0.200. The number of nitrogens with zero attached hydrogens (tertiary/aromatic N) is 2. The van der Waals surface area contributed by atoms with Crippen LogP contribution in [0.15, 0.2) is 102 Å². The number of halogens is 1. The number of Topliss-reactive ketones (excluding diaryl/α,β-unsaturated/α-hetero) is 1. The zero-order valence-corrected chi connectivity index (χ0v) is 21.3. The number of carbonyl (C=O) groups excluding carboxylic acids is 3. The number of esters is 2. The maximum absolute atomic E-state index is 14.4. The van der Waals surface area contributed by atoms with Gasteiger partial charge in [-0.15, -0.1) is 0 Å². The van der Waals surface area contributed by atoms with Crippen LogP contribution in [0, 0.1) is 11.7 Å². The lowest BCUT2D eigenvalue weighted by molar-refractivity contribution is -0.150. The molecule has 0 bridgehead atoms. The summed E-state index contributed by atoms with van der Waals surface area (Å²) in [5.74, 6) is -5.23. The smallest absolute Gasteiger partial charge is 0.338 e. The van der Waals surface area contributed by atoms with Crippen LogP contribution in [-0.4, -0.2) is 36.9 Å². The molecule has 5 rings (SSSR count). The van der Waals surface area contributed by atoms with Crippen molar-refractivity contribution < 1.29 is 28.2 Å². The number of hydrogen-bond donors (Lipinski definition) is 1. The molecule has 3 atom stereocenters. The standard InChI is InChI=1S/C30H26FN3O5/c1-38-29(36)24-21(17-8-4-3-5-9-17)15-22-25(27(24)35)23(18-10-7-13-33-16-18)26(30(37)39-2)28(32)34(22)20-12-6-11-19(31)14-20/h3-14,16,21,23-24H,15,32H2,1-2H3/t21-,23+,24-/m1/s1. The minimum absolute atomic E-state index is 0.00353. The number of anilines is 1. The molecule has 2 N–H and O–H groups in total. The van der Waals surface area contributed by atoms with Gasteiger partial charge < -0.3 is 15.2 Å². The van der Waals surface area contributed by atoms with E-state index in [0.717, 1.165) is 5.56 Å². The number of hydrogen-bond acceptors (Lipinski definition) is 8. The molecular formula is C30H26FN3O5. The molecule has 0 unspecified atom stereocenters. The number of pyridine rings is 1. The molecule has 1 aliphatic heterocycles. The topological polar surface area (TPSA) is 112 Å². The van der Waals surface area contributed by atoms with Crippen molar-refractivity contribution in [3.05, 3.63) is 119 Å². The van der Waals surface area contributed by atoms with Gasteiger partial charge in [-0.3, -0.25) is 19.5 Å². The second-order valence-electron chi connectivity index (χ2n) is 9.27. The Morgan fingerprint density at radius 2 is 1.74 bits per heavy atom. The van der Waals surface area contributed by atoms with Crippen LogP contribution in [0.25, 0.3) is 0 Å². The van der Waals surface area contributed by atoms with Crippen molar-refractivity contribution >= 4 is 23.4 Å². The molecule has 0 radical (unpaired) electrons. The van der Waals surface area contributed by atoms with Crippen molar-refractivity contribution in [3.63, 3.8) is 0 Å². The number of aromatic nitrogens is 1. The summed E-state index contributed by atoms with van der Waals surface area (Å²) >= 11 is 0. The molecule has 0 fully saturated rings. The third-order valence-electron chi connectivity index (χ3n) is 7.21. The van der Waals surface area contributed by atoms with Gasteiger partial charge in [0.1, 0.15) is 17.6 Å². The van der Waals surface area contributed by atoms with E-state index < -0.39 is 41.3 Å². The van der Waals surface area contributed by atoms with Gasteiger partial charge in [-0.05, 0) is 41.8 Å². The van der Waals surface area contributed by atoms with E-state index in [1.807, 2.05) is 30.3 Å². The zero-order chi connectivity index (χ0) is 27.7. The molecule has 2 heterocycles. The predicted molar refractivity (Wildman–Crippen MR) is 140 cm³/mol. The van der Waals surface area contributed by atoms with Gasteiger partial charge in [-0.1, -0.05) is 42.5 Å². The van der Waals surface area contributed by atoms with E-state index in [0.29, 0.717) is 16.9 Å². The minimum Gasteiger partial charge on any atom is -0.468 e. The van der Waals surface area contributed by atoms with Crippen LogP contribution >= 0.6 is 0 Å². The van der Waals surface area contributed by atoms with Gasteiger partial charge in [0.2, 0.25) is 0 Å². The summed E-state index contributed by atoms with van der Waals surface area (Å²) in [6, 6.07) is 18.3. The highest BCUT2D eigenvalue weighted by Gasteiger charge is 2.51. The number of ketones is 1. The van der Waals surface area contributed by atoms with E-state index in [-0.39, 0.29) is 23.4 Å². The Hall–Kier alpha value is -4.79. The van der Waals surface area contributed by atoms with Crippen molar-refractivity contribution in [2.24, 2.45) is 11.7 Å². The Morgan fingerprint density at radius 3 is 2.38 bits per heavy atom. The molecule has 0 saturated carbocycles. The molecule has 0 amide bonds. The number of carbonyl (C=O) groups is 3. The second-order valence-corrected chi connectivity index (χ2v) is 9.27. The first-order chi connectivity index (χ1) is 18.9. The summed E-state index contributed by atoms with van der Waals surface area (Å²) in [6.45, 7) is 0. The lowest BCUT2D eigenvalue weighted by Gasteiger charge is -2.44. The summed E-state index contributed by atoms with van der Waals surface area (Å²) < 4.78 is 24.6. The van der Waals surface area contributed by atoms with Crippen LogP contribution in [0.3, 0.4) is 0 Å². The molecule has 9 heteroatoms. The van der Waals surface area contributed by atoms with E-state index in [2.05, 4.69) is 4.98 Å². The van der Waals surface area contributed by atoms with E-state index >= 15 is 0 Å². The maximum Gasteiger partial charge on any atom is 0.338 e. The van der Waals surface area contributed by atoms with E-state index in [1.54, 1.807) is 24.4 Å². The van der Waals surface area contributed by atoms with Crippen LogP contribution in [0.5, 0.6) is 0 Å². The van der Waals surface area contributed by atoms with Crippen molar-refractivity contribution in [1.29, 1.82) is 0 Å². The van der Waals surface area contributed by atoms with Crippen LogP contribution in [0.4, 0.5) is 10.1 Å². The molecule has 198 valence electrons. The first kappa shape index (κ1) is 25.8. The van der Waals surface area contributed by atoms with Crippen LogP contribution < -0.4 is 10.6 Å². The molecule has 8 nitrogen and oxygen atoms in total. The van der Waals surface area contributed by atoms with E-state index in [9.17, 15) is 18.8 Å². The first-order valence-corrected chi connectivity index (χ1v) is 12.3. The monoisotopic (exact) mass is 527 g/mol. The lowest BCUT2D eigenvalue weighted by atomic mass is 9.67. The summed E-state index contributed by atoms with van der Waals surface area (Å²) in [6.07, 6.45) is 3.29. The van der Waals surface area contributed by atoms with Gasteiger partial charge in [-0.2, -0.15) is 0 Å². The maximum atomic E-state index is 14.4. The third-order valence-corrected chi connectivity index (χ3v) is 7.21. The summed E-state index contributed by atoms with van der Waals surface area (Å²) in [5, 5.41) is 0. The zero-order valence-electron chi connectivity index (χ0n) is 21.3. The second kappa shape index (κ2) is 10.5. The largest absolute Gasteiger partial charge is 0.468 e. The fourth-order valence-electron chi connectivity index (χ4n) is 5.54. The molecule has 3 aromatic rings. The van der Waals surface area contributed by atoms with Crippen LogP contribution in [-0.2, 0) is 23.9 Å². The Labute approximate surface area is 224 Å². The lowest BCUT2D eigenvalue weighted by Crippen LogP contribution is -2.46. The fourth-order valence-corrected chi connectivity index (χ4v) is 5.54. The highest BCUT2D eigenvalue weighted by Crippen LogP contribution is 2.51. The Morgan fingerprint density at radius 1 is 1.00 bits per heavy atom. The van der Waals surface area contributed by atoms with Crippen molar-refractivity contribution in [3.8, 4) is 0 Å². The number of benzene rings is 2. The van der Waals surface area contributed by atoms with Gasteiger partial charge in [0.15, 0.2) is 5.78 Å². The van der Waals surface area contributed by atoms with Crippen molar-refractivity contribution in [2.45, 2.75) is 18.3 Å². The molecule has 39 heavy (non-hydrogen) atoms.